The predicted octanol–water partition coefficient (Wildman–Crippen LogP) is 2.88. The Bertz CT molecular complexity index is 946. The van der Waals surface area contributed by atoms with Crippen molar-refractivity contribution in [3.05, 3.63) is 47.7 Å². The molecule has 0 saturated carbocycles. The third-order valence-electron chi connectivity index (χ3n) is 3.86. The molecule has 3 rings (SSSR count). The van der Waals surface area contributed by atoms with Gasteiger partial charge in [-0.05, 0) is 55.4 Å². The number of rotatable bonds is 5. The summed E-state index contributed by atoms with van der Waals surface area (Å²) in [7, 11) is 0. The zero-order valence-corrected chi connectivity index (χ0v) is 15.4. The molecule has 0 spiro atoms. The van der Waals surface area contributed by atoms with Gasteiger partial charge in [0.1, 0.15) is 11.3 Å². The average molecular weight is 368 g/mol. The Labute approximate surface area is 156 Å². The molecule has 4 N–H and O–H groups in total. The third-order valence-corrected chi connectivity index (χ3v) is 4.11. The summed E-state index contributed by atoms with van der Waals surface area (Å²) in [5.74, 6) is 1.18. The molecule has 0 bridgehead atoms. The highest BCUT2D eigenvalue weighted by molar-refractivity contribution is 7.80. The summed E-state index contributed by atoms with van der Waals surface area (Å²) in [5, 5.41) is 19.2. The predicted molar refractivity (Wildman–Crippen MR) is 108 cm³/mol. The lowest BCUT2D eigenvalue weighted by Gasteiger charge is -2.12. The van der Waals surface area contributed by atoms with Crippen molar-refractivity contribution in [2.75, 3.05) is 17.2 Å². The van der Waals surface area contributed by atoms with Gasteiger partial charge in [-0.1, -0.05) is 12.1 Å². The van der Waals surface area contributed by atoms with Crippen molar-refractivity contribution in [2.45, 2.75) is 20.5 Å². The molecule has 0 unspecified atom stereocenters. The summed E-state index contributed by atoms with van der Waals surface area (Å²) in [6.45, 7) is 4.65. The topological polar surface area (TPSA) is 95.0 Å². The van der Waals surface area contributed by atoms with Gasteiger partial charge < -0.3 is 21.1 Å². The van der Waals surface area contributed by atoms with E-state index in [4.69, 9.17) is 12.2 Å². The van der Waals surface area contributed by atoms with E-state index in [0.717, 1.165) is 23.4 Å². The zero-order chi connectivity index (χ0) is 18.5. The van der Waals surface area contributed by atoms with Gasteiger partial charge in [0, 0.05) is 12.2 Å². The normalized spacial score (nSPS) is 10.6. The van der Waals surface area contributed by atoms with Crippen LogP contribution in [0.5, 0.6) is 0 Å². The molecule has 26 heavy (non-hydrogen) atoms. The number of anilines is 3. The number of fused-ring (bicyclic) bond motifs is 1. The summed E-state index contributed by atoms with van der Waals surface area (Å²) in [6.07, 6.45) is 1.66. The van der Waals surface area contributed by atoms with Crippen LogP contribution in [-0.4, -0.2) is 31.7 Å². The van der Waals surface area contributed by atoms with Crippen LogP contribution in [-0.2, 0) is 6.61 Å². The molecule has 2 heterocycles. The Kier molecular flexibility index (Phi) is 5.55. The number of benzene rings is 1. The van der Waals surface area contributed by atoms with Crippen molar-refractivity contribution in [1.29, 1.82) is 0 Å². The van der Waals surface area contributed by atoms with Crippen molar-refractivity contribution < 1.29 is 5.11 Å². The highest BCUT2D eigenvalue weighted by Crippen LogP contribution is 2.23. The summed E-state index contributed by atoms with van der Waals surface area (Å²) in [4.78, 5) is 13.4. The Morgan fingerprint density at radius 1 is 1.15 bits per heavy atom. The van der Waals surface area contributed by atoms with Gasteiger partial charge in [-0.3, -0.25) is 0 Å². The standard InChI is InChI=1S/C18H20N6OS/c1-3-19-18(26)24-15-8-7-14-17(22-15)23-16(9-20-14)21-13-6-4-5-12(10-25)11(13)2/h4-9,25H,3,10H2,1-2H3,(H3,19,21,22,23,24,26). The molecule has 134 valence electrons. The highest BCUT2D eigenvalue weighted by atomic mass is 32.1. The van der Waals surface area contributed by atoms with Gasteiger partial charge >= 0.3 is 0 Å². The van der Waals surface area contributed by atoms with Crippen molar-refractivity contribution in [1.82, 2.24) is 20.3 Å². The first kappa shape index (κ1) is 18.0. The fourth-order valence-electron chi connectivity index (χ4n) is 2.48. The number of pyridine rings is 1. The van der Waals surface area contributed by atoms with E-state index in [-0.39, 0.29) is 6.61 Å². The van der Waals surface area contributed by atoms with Crippen molar-refractivity contribution in [3.8, 4) is 0 Å². The second-order valence-electron chi connectivity index (χ2n) is 5.65. The van der Waals surface area contributed by atoms with Crippen LogP contribution < -0.4 is 16.0 Å². The lowest BCUT2D eigenvalue weighted by molar-refractivity contribution is 0.281. The minimum absolute atomic E-state index is 0.00690. The first-order valence-electron chi connectivity index (χ1n) is 8.25. The molecule has 0 atom stereocenters. The van der Waals surface area contributed by atoms with Gasteiger partial charge in [0.15, 0.2) is 16.6 Å². The smallest absolute Gasteiger partial charge is 0.182 e. The number of aliphatic hydroxyl groups is 1. The number of aromatic nitrogens is 3. The first-order valence-corrected chi connectivity index (χ1v) is 8.66. The second-order valence-corrected chi connectivity index (χ2v) is 6.06. The summed E-state index contributed by atoms with van der Waals surface area (Å²) in [6, 6.07) is 9.35. The van der Waals surface area contributed by atoms with E-state index in [0.29, 0.717) is 27.9 Å². The molecule has 0 aliphatic rings. The van der Waals surface area contributed by atoms with E-state index in [1.165, 1.54) is 0 Å². The van der Waals surface area contributed by atoms with Crippen LogP contribution >= 0.6 is 12.2 Å². The molecular formula is C18H20N6OS. The Morgan fingerprint density at radius 2 is 1.96 bits per heavy atom. The minimum atomic E-state index is -0.00690. The maximum atomic E-state index is 9.40. The Morgan fingerprint density at radius 3 is 2.73 bits per heavy atom. The lowest BCUT2D eigenvalue weighted by atomic mass is 10.1. The zero-order valence-electron chi connectivity index (χ0n) is 14.6. The number of aliphatic hydroxyl groups excluding tert-OH is 1. The molecular weight excluding hydrogens is 348 g/mol. The van der Waals surface area contributed by atoms with Gasteiger partial charge in [0.05, 0.1) is 12.8 Å². The van der Waals surface area contributed by atoms with Crippen LogP contribution in [0.3, 0.4) is 0 Å². The maximum Gasteiger partial charge on any atom is 0.182 e. The van der Waals surface area contributed by atoms with Crippen LogP contribution in [0.2, 0.25) is 0 Å². The van der Waals surface area contributed by atoms with Gasteiger partial charge in [-0.15, -0.1) is 0 Å². The lowest BCUT2D eigenvalue weighted by Crippen LogP contribution is -2.28. The SMILES string of the molecule is CCNC(=S)Nc1ccc2ncc(Nc3cccc(CO)c3C)nc2n1. The molecule has 0 radical (unpaired) electrons. The second kappa shape index (κ2) is 8.03. The van der Waals surface area contributed by atoms with Gasteiger partial charge in [0.25, 0.3) is 0 Å². The summed E-state index contributed by atoms with van der Waals surface area (Å²) >= 11 is 5.18. The largest absolute Gasteiger partial charge is 0.392 e. The van der Waals surface area contributed by atoms with E-state index >= 15 is 0 Å². The molecule has 0 aliphatic carbocycles. The third kappa shape index (κ3) is 4.04. The van der Waals surface area contributed by atoms with E-state index in [1.807, 2.05) is 44.2 Å². The Hall–Kier alpha value is -2.84. The number of hydrogen-bond donors (Lipinski definition) is 4. The maximum absolute atomic E-state index is 9.40. The van der Waals surface area contributed by atoms with Crippen LogP contribution in [0, 0.1) is 6.92 Å². The number of thiocarbonyl (C=S) groups is 1. The molecule has 0 fully saturated rings. The molecule has 0 aliphatic heterocycles. The van der Waals surface area contributed by atoms with E-state index < -0.39 is 0 Å². The average Bonchev–Trinajstić information content (AvgIpc) is 2.63. The quantitative estimate of drug-likeness (QED) is 0.511. The summed E-state index contributed by atoms with van der Waals surface area (Å²) < 4.78 is 0. The van der Waals surface area contributed by atoms with E-state index in [2.05, 4.69) is 30.9 Å². The number of nitrogens with one attached hydrogen (secondary N) is 3. The fraction of sp³-hybridized carbons (Fsp3) is 0.222. The van der Waals surface area contributed by atoms with E-state index in [1.54, 1.807) is 6.20 Å². The van der Waals surface area contributed by atoms with Crippen molar-refractivity contribution in [2.24, 2.45) is 0 Å². The van der Waals surface area contributed by atoms with Crippen molar-refractivity contribution in [3.63, 3.8) is 0 Å². The molecule has 0 amide bonds. The van der Waals surface area contributed by atoms with Crippen molar-refractivity contribution >= 4 is 45.8 Å². The first-order chi connectivity index (χ1) is 12.6. The van der Waals surface area contributed by atoms with Gasteiger partial charge in [-0.2, -0.15) is 0 Å². The molecule has 7 nitrogen and oxygen atoms in total. The van der Waals surface area contributed by atoms with Crippen LogP contribution in [0.15, 0.2) is 36.5 Å². The van der Waals surface area contributed by atoms with Crippen LogP contribution in [0.1, 0.15) is 18.1 Å². The molecule has 0 saturated heterocycles. The number of hydrogen-bond acceptors (Lipinski definition) is 6. The molecule has 8 heteroatoms. The fourth-order valence-corrected chi connectivity index (χ4v) is 2.73. The number of nitrogens with zero attached hydrogens (tertiary/aromatic N) is 3. The molecule has 2 aromatic heterocycles. The monoisotopic (exact) mass is 368 g/mol. The summed E-state index contributed by atoms with van der Waals surface area (Å²) in [5.41, 5.74) is 3.90. The van der Waals surface area contributed by atoms with Crippen LogP contribution in [0.25, 0.3) is 11.2 Å². The Balaban J connectivity index is 1.87. The van der Waals surface area contributed by atoms with Crippen LogP contribution in [0.4, 0.5) is 17.3 Å². The highest BCUT2D eigenvalue weighted by Gasteiger charge is 2.07. The van der Waals surface area contributed by atoms with Gasteiger partial charge in [0.2, 0.25) is 0 Å². The molecule has 3 aromatic rings. The molecule has 1 aromatic carbocycles. The minimum Gasteiger partial charge on any atom is -0.392 e. The van der Waals surface area contributed by atoms with Gasteiger partial charge in [-0.25, -0.2) is 15.0 Å². The van der Waals surface area contributed by atoms with E-state index in [9.17, 15) is 5.11 Å².